The molecule has 114 valence electrons. The van der Waals surface area contributed by atoms with Crippen LogP contribution in [0.3, 0.4) is 0 Å². The maximum atomic E-state index is 12.7. The van der Waals surface area contributed by atoms with E-state index in [0.717, 1.165) is 32.4 Å². The first-order valence-corrected chi connectivity index (χ1v) is 8.01. The van der Waals surface area contributed by atoms with Gasteiger partial charge < -0.3 is 4.90 Å². The molecule has 2 aromatic rings. The van der Waals surface area contributed by atoms with E-state index in [1.807, 2.05) is 15.6 Å². The Kier molecular flexibility index (Phi) is 3.41. The van der Waals surface area contributed by atoms with E-state index in [2.05, 4.69) is 34.3 Å². The van der Waals surface area contributed by atoms with Crippen LogP contribution in [0.1, 0.15) is 36.8 Å². The Morgan fingerprint density at radius 2 is 2.09 bits per heavy atom. The number of benzene rings is 1. The zero-order valence-electron chi connectivity index (χ0n) is 12.5. The molecule has 2 heterocycles. The van der Waals surface area contributed by atoms with E-state index >= 15 is 0 Å². The smallest absolute Gasteiger partial charge is 0.226 e. The van der Waals surface area contributed by atoms with Crippen molar-refractivity contribution >= 4 is 5.91 Å². The van der Waals surface area contributed by atoms with Gasteiger partial charge >= 0.3 is 0 Å². The molecule has 4 rings (SSSR count). The average molecular weight is 296 g/mol. The molecule has 5 nitrogen and oxygen atoms in total. The molecule has 3 atom stereocenters. The van der Waals surface area contributed by atoms with Crippen LogP contribution >= 0.6 is 0 Å². The molecule has 1 aromatic carbocycles. The third-order valence-electron chi connectivity index (χ3n) is 4.85. The van der Waals surface area contributed by atoms with Gasteiger partial charge in [0, 0.05) is 19.0 Å². The van der Waals surface area contributed by atoms with Gasteiger partial charge in [0.25, 0.3) is 0 Å². The molecule has 1 saturated carbocycles. The van der Waals surface area contributed by atoms with Crippen molar-refractivity contribution in [3.8, 4) is 0 Å². The van der Waals surface area contributed by atoms with Gasteiger partial charge in [-0.25, -0.2) is 9.67 Å². The predicted octanol–water partition coefficient (Wildman–Crippen LogP) is 2.25. The van der Waals surface area contributed by atoms with Crippen LogP contribution in [0.25, 0.3) is 0 Å². The van der Waals surface area contributed by atoms with Crippen LogP contribution in [-0.2, 0) is 4.79 Å². The summed E-state index contributed by atoms with van der Waals surface area (Å²) in [6, 6.07) is 10.7. The number of nitrogens with zero attached hydrogens (tertiary/aromatic N) is 4. The number of hydrogen-bond acceptors (Lipinski definition) is 3. The molecular weight excluding hydrogens is 276 g/mol. The molecule has 1 aliphatic carbocycles. The van der Waals surface area contributed by atoms with Crippen LogP contribution in [0, 0.1) is 5.92 Å². The van der Waals surface area contributed by atoms with E-state index in [0.29, 0.717) is 11.8 Å². The van der Waals surface area contributed by atoms with Gasteiger partial charge in [0.05, 0.1) is 6.04 Å². The van der Waals surface area contributed by atoms with Crippen molar-refractivity contribution < 1.29 is 4.79 Å². The Morgan fingerprint density at radius 1 is 1.23 bits per heavy atom. The molecule has 0 bridgehead atoms. The number of hydrogen-bond donors (Lipinski definition) is 0. The molecule has 1 aliphatic heterocycles. The highest BCUT2D eigenvalue weighted by atomic mass is 16.2. The molecule has 0 radical (unpaired) electrons. The Morgan fingerprint density at radius 3 is 2.86 bits per heavy atom. The summed E-state index contributed by atoms with van der Waals surface area (Å²) in [5.74, 6) is 0.913. The number of likely N-dealkylation sites (tertiary alicyclic amines) is 1. The van der Waals surface area contributed by atoms with E-state index in [-0.39, 0.29) is 12.0 Å². The highest BCUT2D eigenvalue weighted by Crippen LogP contribution is 2.48. The maximum Gasteiger partial charge on any atom is 0.226 e. The van der Waals surface area contributed by atoms with Gasteiger partial charge in [0.1, 0.15) is 12.7 Å². The van der Waals surface area contributed by atoms with Crippen molar-refractivity contribution in [3.05, 3.63) is 48.5 Å². The van der Waals surface area contributed by atoms with E-state index in [1.165, 1.54) is 5.56 Å². The lowest BCUT2D eigenvalue weighted by Crippen LogP contribution is -2.41. The van der Waals surface area contributed by atoms with Crippen LogP contribution in [-0.4, -0.2) is 38.7 Å². The number of carbonyl (C=O) groups excluding carboxylic acids is 1. The molecule has 1 saturated heterocycles. The van der Waals surface area contributed by atoms with Crippen LogP contribution < -0.4 is 0 Å². The first-order valence-electron chi connectivity index (χ1n) is 8.01. The van der Waals surface area contributed by atoms with Gasteiger partial charge in [-0.05, 0) is 30.7 Å². The Labute approximate surface area is 130 Å². The second kappa shape index (κ2) is 5.55. The van der Waals surface area contributed by atoms with E-state index in [4.69, 9.17) is 0 Å². The van der Waals surface area contributed by atoms with Gasteiger partial charge in [-0.3, -0.25) is 4.79 Å². The number of piperidine rings is 1. The van der Waals surface area contributed by atoms with Gasteiger partial charge in [0.15, 0.2) is 0 Å². The molecule has 5 heteroatoms. The first kappa shape index (κ1) is 13.5. The van der Waals surface area contributed by atoms with Crippen molar-refractivity contribution in [2.45, 2.75) is 31.2 Å². The van der Waals surface area contributed by atoms with Crippen molar-refractivity contribution in [1.29, 1.82) is 0 Å². The zero-order chi connectivity index (χ0) is 14.9. The highest BCUT2D eigenvalue weighted by molar-refractivity contribution is 5.83. The Balaban J connectivity index is 1.41. The lowest BCUT2D eigenvalue weighted by atomic mass is 10.0. The summed E-state index contributed by atoms with van der Waals surface area (Å²) >= 11 is 0. The van der Waals surface area contributed by atoms with Crippen LogP contribution in [0.2, 0.25) is 0 Å². The lowest BCUT2D eigenvalue weighted by Gasteiger charge is -2.32. The third kappa shape index (κ3) is 2.51. The van der Waals surface area contributed by atoms with Crippen LogP contribution in [0.5, 0.6) is 0 Å². The fraction of sp³-hybridized carbons (Fsp3) is 0.471. The number of rotatable bonds is 3. The topological polar surface area (TPSA) is 51.0 Å². The second-order valence-corrected chi connectivity index (χ2v) is 6.32. The summed E-state index contributed by atoms with van der Waals surface area (Å²) in [5.41, 5.74) is 1.30. The van der Waals surface area contributed by atoms with E-state index in [1.54, 1.807) is 12.7 Å². The van der Waals surface area contributed by atoms with Gasteiger partial charge in [-0.15, -0.1) is 0 Å². The van der Waals surface area contributed by atoms with Crippen LogP contribution in [0.4, 0.5) is 0 Å². The lowest BCUT2D eigenvalue weighted by molar-refractivity contribution is -0.134. The fourth-order valence-electron chi connectivity index (χ4n) is 3.55. The van der Waals surface area contributed by atoms with Crippen molar-refractivity contribution in [1.82, 2.24) is 19.7 Å². The summed E-state index contributed by atoms with van der Waals surface area (Å²) in [4.78, 5) is 18.8. The summed E-state index contributed by atoms with van der Waals surface area (Å²) in [6.07, 6.45) is 6.42. The largest absolute Gasteiger partial charge is 0.340 e. The second-order valence-electron chi connectivity index (χ2n) is 6.32. The third-order valence-corrected chi connectivity index (χ3v) is 4.85. The quantitative estimate of drug-likeness (QED) is 0.873. The van der Waals surface area contributed by atoms with Gasteiger partial charge in [0.2, 0.25) is 5.91 Å². The molecule has 22 heavy (non-hydrogen) atoms. The highest BCUT2D eigenvalue weighted by Gasteiger charge is 2.46. The summed E-state index contributed by atoms with van der Waals surface area (Å²) < 4.78 is 1.89. The molecule has 0 spiro atoms. The average Bonchev–Trinajstić information content (AvgIpc) is 3.19. The standard InChI is InChI=1S/C17H20N4O/c22-17(16-9-15(16)13-5-2-1-3-6-13)20-8-4-7-14(10-20)21-12-18-11-19-21/h1-3,5-6,11-12,14-16H,4,7-10H2/t14-,15+,16-/m1/s1. The number of carbonyl (C=O) groups is 1. The molecule has 1 amide bonds. The zero-order valence-corrected chi connectivity index (χ0v) is 12.5. The van der Waals surface area contributed by atoms with Crippen molar-refractivity contribution in [2.75, 3.05) is 13.1 Å². The molecule has 0 unspecified atom stereocenters. The van der Waals surface area contributed by atoms with Gasteiger partial charge in [-0.2, -0.15) is 5.10 Å². The van der Waals surface area contributed by atoms with Crippen molar-refractivity contribution in [2.24, 2.45) is 5.92 Å². The minimum absolute atomic E-state index is 0.178. The summed E-state index contributed by atoms with van der Waals surface area (Å²) in [6.45, 7) is 1.64. The van der Waals surface area contributed by atoms with Crippen molar-refractivity contribution in [3.63, 3.8) is 0 Å². The SMILES string of the molecule is O=C([C@@H]1C[C@H]1c1ccccc1)N1CCC[C@@H](n2cncn2)C1. The van der Waals surface area contributed by atoms with E-state index in [9.17, 15) is 4.79 Å². The number of amides is 1. The normalized spacial score (nSPS) is 27.6. The predicted molar refractivity (Wildman–Crippen MR) is 82.2 cm³/mol. The fourth-order valence-corrected chi connectivity index (χ4v) is 3.55. The summed E-state index contributed by atoms with van der Waals surface area (Å²) in [7, 11) is 0. The first-order chi connectivity index (χ1) is 10.8. The van der Waals surface area contributed by atoms with Gasteiger partial charge in [-0.1, -0.05) is 30.3 Å². The maximum absolute atomic E-state index is 12.7. The summed E-state index contributed by atoms with van der Waals surface area (Å²) in [5, 5.41) is 4.22. The number of aromatic nitrogens is 3. The van der Waals surface area contributed by atoms with E-state index < -0.39 is 0 Å². The Hall–Kier alpha value is -2.17. The minimum atomic E-state index is 0.178. The molecule has 2 fully saturated rings. The Bertz CT molecular complexity index is 640. The molecule has 1 aromatic heterocycles. The minimum Gasteiger partial charge on any atom is -0.340 e. The molecular formula is C17H20N4O. The molecule has 2 aliphatic rings. The van der Waals surface area contributed by atoms with Crippen LogP contribution in [0.15, 0.2) is 43.0 Å². The molecule has 0 N–H and O–H groups in total. The monoisotopic (exact) mass is 296 g/mol.